The van der Waals surface area contributed by atoms with Crippen molar-refractivity contribution in [2.45, 2.75) is 110 Å². The summed E-state index contributed by atoms with van der Waals surface area (Å²) in [5, 5.41) is 0. The molecule has 0 aliphatic heterocycles. The lowest BCUT2D eigenvalue weighted by atomic mass is 9.68. The number of hydrogen-bond donors (Lipinski definition) is 0. The highest BCUT2D eigenvalue weighted by molar-refractivity contribution is 5.50. The van der Waals surface area contributed by atoms with E-state index in [-0.39, 0.29) is 0 Å². The van der Waals surface area contributed by atoms with Crippen molar-refractivity contribution in [1.29, 1.82) is 0 Å². The van der Waals surface area contributed by atoms with Crippen LogP contribution in [0, 0.1) is 23.7 Å². The predicted octanol–water partition coefficient (Wildman–Crippen LogP) is 9.71. The molecule has 33 heavy (non-hydrogen) atoms. The number of unbranched alkanes of at least 4 members (excludes halogenated alkanes) is 5. The second kappa shape index (κ2) is 14.8. The molecule has 0 atom stereocenters. The Bertz CT molecular complexity index is 652. The third kappa shape index (κ3) is 9.79. The third-order valence-corrected chi connectivity index (χ3v) is 8.16. The van der Waals surface area contributed by atoms with Crippen LogP contribution >= 0.6 is 0 Å². The van der Waals surface area contributed by atoms with E-state index in [9.17, 15) is 8.78 Å². The molecule has 1 aromatic carbocycles. The Balaban J connectivity index is 1.29. The highest BCUT2D eigenvalue weighted by Crippen LogP contribution is 2.42. The summed E-state index contributed by atoms with van der Waals surface area (Å²) in [6.07, 6.45) is 23.5. The Labute approximate surface area is 201 Å². The lowest BCUT2D eigenvalue weighted by molar-refractivity contribution is 0.0819. The molecule has 0 unspecified atom stereocenters. The lowest BCUT2D eigenvalue weighted by Gasteiger charge is -2.37. The number of halogens is 2. The molecule has 1 aromatic rings. The van der Waals surface area contributed by atoms with Gasteiger partial charge in [-0.05, 0) is 79.9 Å². The van der Waals surface area contributed by atoms with Crippen molar-refractivity contribution in [3.63, 3.8) is 0 Å². The molecule has 2 saturated carbocycles. The van der Waals surface area contributed by atoms with Crippen molar-refractivity contribution in [1.82, 2.24) is 0 Å². The first-order valence-corrected chi connectivity index (χ1v) is 13.8. The van der Waals surface area contributed by atoms with Crippen LogP contribution in [-0.4, -0.2) is 13.0 Å². The Morgan fingerprint density at radius 2 is 1.42 bits per heavy atom. The zero-order valence-electron chi connectivity index (χ0n) is 20.8. The Morgan fingerprint density at radius 1 is 0.818 bits per heavy atom. The topological polar surface area (TPSA) is 9.23 Å². The molecule has 1 nitrogen and oxygen atoms in total. The summed E-state index contributed by atoms with van der Waals surface area (Å²) in [4.78, 5) is 0. The fourth-order valence-electron chi connectivity index (χ4n) is 6.05. The van der Waals surface area contributed by atoms with Gasteiger partial charge in [0.05, 0.1) is 0 Å². The molecule has 0 bridgehead atoms. The molecule has 2 aliphatic rings. The molecule has 0 saturated heterocycles. The zero-order chi connectivity index (χ0) is 23.3. The van der Waals surface area contributed by atoms with Crippen LogP contribution in [0.4, 0.5) is 8.78 Å². The maximum atomic E-state index is 12.2. The molecule has 2 aliphatic carbocycles. The summed E-state index contributed by atoms with van der Waals surface area (Å²) in [5.41, 5.74) is 1.12. The molecule has 3 heteroatoms. The highest BCUT2D eigenvalue weighted by Gasteiger charge is 2.30. The molecule has 0 amide bonds. The molecule has 2 fully saturated rings. The van der Waals surface area contributed by atoms with Crippen molar-refractivity contribution in [3.8, 4) is 5.75 Å². The molecule has 3 rings (SSSR count). The van der Waals surface area contributed by atoms with E-state index in [1.54, 1.807) is 12.1 Å². The number of allylic oxidation sites excluding steroid dienone is 1. The molecule has 0 heterocycles. The summed E-state index contributed by atoms with van der Waals surface area (Å²) < 4.78 is 29.5. The van der Waals surface area contributed by atoms with Crippen LogP contribution in [0.2, 0.25) is 0 Å². The third-order valence-electron chi connectivity index (χ3n) is 8.16. The van der Waals surface area contributed by atoms with Gasteiger partial charge in [0.2, 0.25) is 0 Å². The molecule has 0 spiro atoms. The van der Waals surface area contributed by atoms with Crippen LogP contribution in [0.25, 0.3) is 6.08 Å². The van der Waals surface area contributed by atoms with Crippen LogP contribution in [-0.2, 0) is 0 Å². The van der Waals surface area contributed by atoms with Crippen molar-refractivity contribution >= 4 is 6.08 Å². The van der Waals surface area contributed by atoms with E-state index in [1.807, 2.05) is 12.1 Å². The normalized spacial score (nSPS) is 26.2. The fourth-order valence-corrected chi connectivity index (χ4v) is 6.05. The van der Waals surface area contributed by atoms with Gasteiger partial charge in [-0.1, -0.05) is 89.0 Å². The number of alkyl halides is 2. The number of rotatable bonds is 13. The van der Waals surface area contributed by atoms with Gasteiger partial charge >= 0.3 is 0 Å². The summed E-state index contributed by atoms with van der Waals surface area (Å²) in [7, 11) is 0. The molecule has 0 aromatic heterocycles. The summed E-state index contributed by atoms with van der Waals surface area (Å²) >= 11 is 0. The van der Waals surface area contributed by atoms with E-state index in [2.05, 4.69) is 19.1 Å². The van der Waals surface area contributed by atoms with E-state index >= 15 is 0 Å². The smallest absolute Gasteiger partial charge is 0.272 e. The van der Waals surface area contributed by atoms with Gasteiger partial charge in [0, 0.05) is 0 Å². The summed E-state index contributed by atoms with van der Waals surface area (Å²) in [5.74, 6) is 4.14. The maximum absolute atomic E-state index is 12.2. The Morgan fingerprint density at radius 3 is 2.06 bits per heavy atom. The maximum Gasteiger partial charge on any atom is 0.272 e. The Hall–Kier alpha value is -1.38. The van der Waals surface area contributed by atoms with Crippen molar-refractivity contribution in [3.05, 3.63) is 35.9 Å². The van der Waals surface area contributed by atoms with E-state index in [0.717, 1.165) is 23.3 Å². The monoisotopic (exact) mass is 460 g/mol. The molecule has 0 radical (unpaired) electrons. The van der Waals surface area contributed by atoms with Gasteiger partial charge in [0.15, 0.2) is 0 Å². The Kier molecular flexibility index (Phi) is 11.8. The summed E-state index contributed by atoms with van der Waals surface area (Å²) in [6, 6.07) is 7.46. The van der Waals surface area contributed by atoms with E-state index in [4.69, 9.17) is 4.74 Å². The largest absolute Gasteiger partial charge is 0.488 e. The van der Waals surface area contributed by atoms with Gasteiger partial charge in [-0.15, -0.1) is 0 Å². The number of hydrogen-bond acceptors (Lipinski definition) is 1. The van der Waals surface area contributed by atoms with Crippen molar-refractivity contribution < 1.29 is 13.5 Å². The van der Waals surface area contributed by atoms with Gasteiger partial charge in [-0.2, -0.15) is 0 Å². The standard InChI is InChI=1S/C30H46F2O/c1-2-3-4-5-6-7-8-24-11-17-27(18-12-24)28-19-13-25(14-20-28)9-10-26-15-21-29(22-16-26)33-23-30(31)32/h9-10,15-16,21-22,24-25,27-28,30H,2-8,11-14,17-20,23H2,1H3/t24-,25-,27-,28-. The second-order valence-corrected chi connectivity index (χ2v) is 10.6. The van der Waals surface area contributed by atoms with Crippen LogP contribution < -0.4 is 4.74 Å². The highest BCUT2D eigenvalue weighted by atomic mass is 19.3. The van der Waals surface area contributed by atoms with Crippen LogP contribution in [0.5, 0.6) is 5.75 Å². The summed E-state index contributed by atoms with van der Waals surface area (Å²) in [6.45, 7) is 1.75. The minimum atomic E-state index is -2.43. The SMILES string of the molecule is CCCCCCCC[C@H]1CC[C@H]([C@H]2CC[C@H](C=Cc3ccc(OCC(F)F)cc3)CC2)CC1. The molecular formula is C30H46F2O. The molecule has 0 N–H and O–H groups in total. The fraction of sp³-hybridized carbons (Fsp3) is 0.733. The number of ether oxygens (including phenoxy) is 1. The second-order valence-electron chi connectivity index (χ2n) is 10.6. The zero-order valence-corrected chi connectivity index (χ0v) is 20.8. The first-order chi connectivity index (χ1) is 16.1. The number of benzene rings is 1. The van der Waals surface area contributed by atoms with Crippen molar-refractivity contribution in [2.75, 3.05) is 6.61 Å². The van der Waals surface area contributed by atoms with E-state index < -0.39 is 13.0 Å². The minimum Gasteiger partial charge on any atom is -0.488 e. The first-order valence-electron chi connectivity index (χ1n) is 13.8. The van der Waals surface area contributed by atoms with Gasteiger partial charge < -0.3 is 4.74 Å². The van der Waals surface area contributed by atoms with Crippen LogP contribution in [0.1, 0.15) is 109 Å². The van der Waals surface area contributed by atoms with Crippen molar-refractivity contribution in [2.24, 2.45) is 23.7 Å². The predicted molar refractivity (Wildman–Crippen MR) is 136 cm³/mol. The van der Waals surface area contributed by atoms with E-state index in [1.165, 1.54) is 96.3 Å². The van der Waals surface area contributed by atoms with Gasteiger partial charge in [0.25, 0.3) is 6.43 Å². The quantitative estimate of drug-likeness (QED) is 0.266. The average Bonchev–Trinajstić information content (AvgIpc) is 2.85. The molecule has 186 valence electrons. The van der Waals surface area contributed by atoms with Crippen LogP contribution in [0.15, 0.2) is 30.3 Å². The van der Waals surface area contributed by atoms with Gasteiger partial charge in [-0.3, -0.25) is 0 Å². The van der Waals surface area contributed by atoms with Gasteiger partial charge in [0.1, 0.15) is 12.4 Å². The van der Waals surface area contributed by atoms with E-state index in [0.29, 0.717) is 11.7 Å². The minimum absolute atomic E-state index is 0.509. The average molecular weight is 461 g/mol. The van der Waals surface area contributed by atoms with Gasteiger partial charge in [-0.25, -0.2) is 8.78 Å². The molecular weight excluding hydrogens is 414 g/mol. The van der Waals surface area contributed by atoms with Crippen LogP contribution in [0.3, 0.4) is 0 Å². The lowest BCUT2D eigenvalue weighted by Crippen LogP contribution is -2.25. The first kappa shape index (κ1) is 26.2.